The Morgan fingerprint density at radius 2 is 1.54 bits per heavy atom. The number of carboxylic acids is 1. The van der Waals surface area contributed by atoms with Crippen LogP contribution in [0.4, 0.5) is 5.69 Å². The summed E-state index contributed by atoms with van der Waals surface area (Å²) in [5.41, 5.74) is 2.04. The number of carbonyl (C=O) groups is 3. The average Bonchev–Trinajstić information content (AvgIpc) is 2.59. The van der Waals surface area contributed by atoms with Crippen LogP contribution in [0, 0.1) is 12.8 Å². The second kappa shape index (κ2) is 8.29. The molecule has 136 valence electrons. The maximum Gasteiger partial charge on any atom is 0.326 e. The van der Waals surface area contributed by atoms with E-state index in [0.717, 1.165) is 5.56 Å². The number of para-hydroxylation sites is 1. The van der Waals surface area contributed by atoms with Gasteiger partial charge in [-0.05, 0) is 37.1 Å². The van der Waals surface area contributed by atoms with E-state index in [2.05, 4.69) is 10.6 Å². The molecule has 0 radical (unpaired) electrons. The Morgan fingerprint density at radius 3 is 2.12 bits per heavy atom. The zero-order valence-electron chi connectivity index (χ0n) is 14.9. The van der Waals surface area contributed by atoms with Crippen LogP contribution in [0.1, 0.15) is 40.1 Å². The molecule has 0 saturated carbocycles. The predicted octanol–water partition coefficient (Wildman–Crippen LogP) is 3.09. The molecule has 2 amide bonds. The molecule has 2 aromatic rings. The number of nitrogens with one attached hydrogen (secondary N) is 2. The van der Waals surface area contributed by atoms with E-state index in [-0.39, 0.29) is 17.4 Å². The predicted molar refractivity (Wildman–Crippen MR) is 99.3 cm³/mol. The molecule has 0 fully saturated rings. The maximum atomic E-state index is 12.5. The van der Waals surface area contributed by atoms with Gasteiger partial charge in [0.1, 0.15) is 6.04 Å². The first kappa shape index (κ1) is 19.2. The SMILES string of the molecule is Cc1ccc(C(=O)Nc2ccccc2C(=O)N[C@@H](C(=O)O)C(C)C)cc1. The lowest BCUT2D eigenvalue weighted by molar-refractivity contribution is -0.140. The summed E-state index contributed by atoms with van der Waals surface area (Å²) < 4.78 is 0. The summed E-state index contributed by atoms with van der Waals surface area (Å²) in [6.07, 6.45) is 0. The van der Waals surface area contributed by atoms with Crippen molar-refractivity contribution in [2.45, 2.75) is 26.8 Å². The number of hydrogen-bond donors (Lipinski definition) is 3. The third kappa shape index (κ3) is 4.69. The molecular weight excluding hydrogens is 332 g/mol. The Balaban J connectivity index is 2.21. The summed E-state index contributed by atoms with van der Waals surface area (Å²) in [4.78, 5) is 36.2. The van der Waals surface area contributed by atoms with Crippen molar-refractivity contribution < 1.29 is 19.5 Å². The van der Waals surface area contributed by atoms with Crippen LogP contribution < -0.4 is 10.6 Å². The van der Waals surface area contributed by atoms with Crippen LogP contribution in [0.3, 0.4) is 0 Å². The zero-order chi connectivity index (χ0) is 19.3. The number of aliphatic carboxylic acids is 1. The van der Waals surface area contributed by atoms with Gasteiger partial charge in [0.05, 0.1) is 11.3 Å². The zero-order valence-corrected chi connectivity index (χ0v) is 14.9. The number of carbonyl (C=O) groups excluding carboxylic acids is 2. The smallest absolute Gasteiger partial charge is 0.326 e. The molecular formula is C20H22N2O4. The van der Waals surface area contributed by atoms with Crippen LogP contribution >= 0.6 is 0 Å². The molecule has 2 rings (SSSR count). The van der Waals surface area contributed by atoms with Crippen molar-refractivity contribution in [3.63, 3.8) is 0 Å². The molecule has 0 aliphatic rings. The van der Waals surface area contributed by atoms with Crippen molar-refractivity contribution in [2.75, 3.05) is 5.32 Å². The number of amides is 2. The summed E-state index contributed by atoms with van der Waals surface area (Å²) in [5, 5.41) is 14.5. The Bertz CT molecular complexity index is 813. The van der Waals surface area contributed by atoms with Crippen molar-refractivity contribution in [3.8, 4) is 0 Å². The summed E-state index contributed by atoms with van der Waals surface area (Å²) in [6.45, 7) is 5.35. The van der Waals surface area contributed by atoms with Crippen molar-refractivity contribution in [2.24, 2.45) is 5.92 Å². The summed E-state index contributed by atoms with van der Waals surface area (Å²) in [6, 6.07) is 12.5. The second-order valence-corrected chi connectivity index (χ2v) is 6.40. The maximum absolute atomic E-state index is 12.5. The first-order valence-electron chi connectivity index (χ1n) is 8.30. The Kier molecular flexibility index (Phi) is 6.11. The minimum absolute atomic E-state index is 0.208. The monoisotopic (exact) mass is 354 g/mol. The lowest BCUT2D eigenvalue weighted by Crippen LogP contribution is -2.44. The van der Waals surface area contributed by atoms with E-state index >= 15 is 0 Å². The van der Waals surface area contributed by atoms with E-state index in [4.69, 9.17) is 0 Å². The van der Waals surface area contributed by atoms with Gasteiger partial charge in [-0.25, -0.2) is 4.79 Å². The fraction of sp³-hybridized carbons (Fsp3) is 0.250. The van der Waals surface area contributed by atoms with Gasteiger partial charge in [-0.1, -0.05) is 43.7 Å². The van der Waals surface area contributed by atoms with Crippen LogP contribution in [-0.4, -0.2) is 28.9 Å². The normalized spacial score (nSPS) is 11.7. The highest BCUT2D eigenvalue weighted by Gasteiger charge is 2.25. The molecule has 0 aliphatic carbocycles. The van der Waals surface area contributed by atoms with Gasteiger partial charge in [-0.2, -0.15) is 0 Å². The molecule has 26 heavy (non-hydrogen) atoms. The molecule has 2 aromatic carbocycles. The fourth-order valence-corrected chi connectivity index (χ4v) is 2.42. The molecule has 0 bridgehead atoms. The van der Waals surface area contributed by atoms with E-state index in [1.165, 1.54) is 0 Å². The van der Waals surface area contributed by atoms with Crippen LogP contribution in [-0.2, 0) is 4.79 Å². The van der Waals surface area contributed by atoms with Crippen molar-refractivity contribution in [1.29, 1.82) is 0 Å². The molecule has 6 heteroatoms. The largest absolute Gasteiger partial charge is 0.480 e. The molecule has 0 aliphatic heterocycles. The van der Waals surface area contributed by atoms with Crippen LogP contribution in [0.2, 0.25) is 0 Å². The minimum Gasteiger partial charge on any atom is -0.480 e. The summed E-state index contributed by atoms with van der Waals surface area (Å²) in [5.74, 6) is -2.27. The quantitative estimate of drug-likeness (QED) is 0.743. The standard InChI is InChI=1S/C20H22N2O4/c1-12(2)17(20(25)26)22-19(24)15-6-4-5-7-16(15)21-18(23)14-10-8-13(3)9-11-14/h4-12,17H,1-3H3,(H,21,23)(H,22,24)(H,25,26)/t17-/m1/s1. The number of aryl methyl sites for hydroxylation is 1. The number of anilines is 1. The highest BCUT2D eigenvalue weighted by atomic mass is 16.4. The highest BCUT2D eigenvalue weighted by molar-refractivity contribution is 6.09. The topological polar surface area (TPSA) is 95.5 Å². The Morgan fingerprint density at radius 1 is 0.923 bits per heavy atom. The van der Waals surface area contributed by atoms with Gasteiger partial charge in [-0.3, -0.25) is 9.59 Å². The van der Waals surface area contributed by atoms with Crippen LogP contribution in [0.25, 0.3) is 0 Å². The fourth-order valence-electron chi connectivity index (χ4n) is 2.42. The van der Waals surface area contributed by atoms with E-state index in [1.54, 1.807) is 50.2 Å². The van der Waals surface area contributed by atoms with Crippen molar-refractivity contribution >= 4 is 23.5 Å². The van der Waals surface area contributed by atoms with E-state index in [9.17, 15) is 19.5 Å². The summed E-state index contributed by atoms with van der Waals surface area (Å²) >= 11 is 0. The molecule has 1 atom stereocenters. The van der Waals surface area contributed by atoms with Gasteiger partial charge in [0.2, 0.25) is 0 Å². The third-order valence-corrected chi connectivity index (χ3v) is 3.95. The first-order valence-corrected chi connectivity index (χ1v) is 8.30. The first-order chi connectivity index (χ1) is 12.3. The number of rotatable bonds is 6. The van der Waals surface area contributed by atoms with Gasteiger partial charge in [0, 0.05) is 5.56 Å². The van der Waals surface area contributed by atoms with Gasteiger partial charge < -0.3 is 15.7 Å². The second-order valence-electron chi connectivity index (χ2n) is 6.40. The molecule has 0 spiro atoms. The van der Waals surface area contributed by atoms with Crippen molar-refractivity contribution in [1.82, 2.24) is 5.32 Å². The Hall–Kier alpha value is -3.15. The third-order valence-electron chi connectivity index (χ3n) is 3.95. The van der Waals surface area contributed by atoms with E-state index in [0.29, 0.717) is 11.3 Å². The molecule has 6 nitrogen and oxygen atoms in total. The minimum atomic E-state index is -1.10. The van der Waals surface area contributed by atoms with Crippen LogP contribution in [0.5, 0.6) is 0 Å². The molecule has 0 saturated heterocycles. The lowest BCUT2D eigenvalue weighted by Gasteiger charge is -2.19. The lowest BCUT2D eigenvalue weighted by atomic mass is 10.0. The average molecular weight is 354 g/mol. The number of carboxylic acid groups (broad SMARTS) is 1. The number of hydrogen-bond acceptors (Lipinski definition) is 3. The molecule has 3 N–H and O–H groups in total. The van der Waals surface area contributed by atoms with Gasteiger partial charge >= 0.3 is 5.97 Å². The molecule has 0 heterocycles. The van der Waals surface area contributed by atoms with Gasteiger partial charge in [0.25, 0.3) is 11.8 Å². The molecule has 0 unspecified atom stereocenters. The van der Waals surface area contributed by atoms with Crippen molar-refractivity contribution in [3.05, 3.63) is 65.2 Å². The summed E-state index contributed by atoms with van der Waals surface area (Å²) in [7, 11) is 0. The van der Waals surface area contributed by atoms with E-state index < -0.39 is 17.9 Å². The molecule has 0 aromatic heterocycles. The van der Waals surface area contributed by atoms with Crippen LogP contribution in [0.15, 0.2) is 48.5 Å². The highest BCUT2D eigenvalue weighted by Crippen LogP contribution is 2.17. The Labute approximate surface area is 152 Å². The van der Waals surface area contributed by atoms with E-state index in [1.807, 2.05) is 19.1 Å². The van der Waals surface area contributed by atoms with Gasteiger partial charge in [0.15, 0.2) is 0 Å². The number of benzene rings is 2. The van der Waals surface area contributed by atoms with Gasteiger partial charge in [-0.15, -0.1) is 0 Å².